The van der Waals surface area contributed by atoms with Gasteiger partial charge in [-0.3, -0.25) is 4.90 Å². The molecule has 1 aromatic rings. The maximum atomic E-state index is 8.81. The van der Waals surface area contributed by atoms with Gasteiger partial charge in [0, 0.05) is 43.3 Å². The zero-order chi connectivity index (χ0) is 15.2. The van der Waals surface area contributed by atoms with Crippen molar-refractivity contribution in [1.82, 2.24) is 9.80 Å². The van der Waals surface area contributed by atoms with Crippen LogP contribution >= 0.6 is 0 Å². The first-order valence-electron chi connectivity index (χ1n) is 7.33. The Morgan fingerprint density at radius 2 is 2.19 bits per heavy atom. The number of methoxy groups -OCH3 is 1. The summed E-state index contributed by atoms with van der Waals surface area (Å²) in [4.78, 5) is 4.84. The molecule has 21 heavy (non-hydrogen) atoms. The quantitative estimate of drug-likeness (QED) is 0.847. The Morgan fingerprint density at radius 1 is 1.38 bits per heavy atom. The summed E-state index contributed by atoms with van der Waals surface area (Å²) in [6.07, 6.45) is 0. The number of aliphatic hydroxyl groups excluding tert-OH is 1. The van der Waals surface area contributed by atoms with Crippen LogP contribution in [0.5, 0.6) is 5.75 Å². The van der Waals surface area contributed by atoms with E-state index in [-0.39, 0.29) is 6.61 Å². The lowest BCUT2D eigenvalue weighted by atomic mass is 10.1. The van der Waals surface area contributed by atoms with Gasteiger partial charge in [0.25, 0.3) is 0 Å². The van der Waals surface area contributed by atoms with E-state index in [2.05, 4.69) is 41.7 Å². The van der Waals surface area contributed by atoms with Crippen molar-refractivity contribution < 1.29 is 9.84 Å². The molecule has 114 valence electrons. The van der Waals surface area contributed by atoms with E-state index in [9.17, 15) is 0 Å². The van der Waals surface area contributed by atoms with Crippen LogP contribution in [-0.2, 0) is 6.54 Å². The molecule has 1 saturated heterocycles. The third kappa shape index (κ3) is 4.21. The normalized spacial score (nSPS) is 19.9. The van der Waals surface area contributed by atoms with Gasteiger partial charge in [-0.25, -0.2) is 0 Å². The monoisotopic (exact) mass is 288 g/mol. The van der Waals surface area contributed by atoms with Crippen LogP contribution in [0.25, 0.3) is 0 Å². The molecule has 0 aliphatic carbocycles. The molecule has 4 heteroatoms. The second-order valence-electron chi connectivity index (χ2n) is 5.57. The Hall–Kier alpha value is -1.54. The Labute approximate surface area is 127 Å². The van der Waals surface area contributed by atoms with Crippen molar-refractivity contribution in [2.75, 3.05) is 40.4 Å². The summed E-state index contributed by atoms with van der Waals surface area (Å²) in [6.45, 7) is 6.26. The summed E-state index contributed by atoms with van der Waals surface area (Å²) in [5, 5.41) is 8.81. The highest BCUT2D eigenvalue weighted by atomic mass is 16.5. The van der Waals surface area contributed by atoms with Crippen LogP contribution in [0.2, 0.25) is 0 Å². The molecule has 0 amide bonds. The van der Waals surface area contributed by atoms with Crippen LogP contribution in [-0.4, -0.2) is 61.3 Å². The molecule has 0 saturated carbocycles. The number of nitrogens with zero attached hydrogens (tertiary/aromatic N) is 2. The SMILES string of the molecule is COc1ccc(C#CCO)cc1CN1CCN(C)CC1C. The number of likely N-dealkylation sites (N-methyl/N-ethyl adjacent to an activating group) is 1. The Morgan fingerprint density at radius 3 is 2.86 bits per heavy atom. The zero-order valence-corrected chi connectivity index (χ0v) is 13.1. The molecule has 1 N–H and O–H groups in total. The van der Waals surface area contributed by atoms with Gasteiger partial charge in [0.2, 0.25) is 0 Å². The summed E-state index contributed by atoms with van der Waals surface area (Å²) in [7, 11) is 3.87. The molecule has 0 aromatic heterocycles. The van der Waals surface area contributed by atoms with Crippen molar-refractivity contribution in [3.05, 3.63) is 29.3 Å². The van der Waals surface area contributed by atoms with Gasteiger partial charge < -0.3 is 14.7 Å². The molecule has 0 radical (unpaired) electrons. The molecule has 1 aliphatic rings. The predicted molar refractivity (Wildman–Crippen MR) is 84.3 cm³/mol. The van der Waals surface area contributed by atoms with Crippen molar-refractivity contribution in [2.24, 2.45) is 0 Å². The number of piperazine rings is 1. The lowest BCUT2D eigenvalue weighted by Gasteiger charge is -2.38. The molecule has 1 unspecified atom stereocenters. The zero-order valence-electron chi connectivity index (χ0n) is 13.1. The predicted octanol–water partition coefficient (Wildman–Crippen LogP) is 1.17. The number of ether oxygens (including phenoxy) is 1. The van der Waals surface area contributed by atoms with Gasteiger partial charge in [0.1, 0.15) is 12.4 Å². The number of benzene rings is 1. The number of rotatable bonds is 3. The van der Waals surface area contributed by atoms with Crippen molar-refractivity contribution in [2.45, 2.75) is 19.5 Å². The molecule has 0 bridgehead atoms. The molecule has 2 rings (SSSR count). The van der Waals surface area contributed by atoms with Crippen molar-refractivity contribution >= 4 is 0 Å². The van der Waals surface area contributed by atoms with Crippen LogP contribution < -0.4 is 4.74 Å². The second-order valence-corrected chi connectivity index (χ2v) is 5.57. The first-order valence-corrected chi connectivity index (χ1v) is 7.33. The largest absolute Gasteiger partial charge is 0.496 e. The third-order valence-electron chi connectivity index (χ3n) is 3.93. The molecule has 1 atom stereocenters. The number of aliphatic hydroxyl groups is 1. The van der Waals surface area contributed by atoms with Crippen molar-refractivity contribution in [3.8, 4) is 17.6 Å². The number of hydrogen-bond acceptors (Lipinski definition) is 4. The summed E-state index contributed by atoms with van der Waals surface area (Å²) in [5.74, 6) is 6.55. The fourth-order valence-electron chi connectivity index (χ4n) is 2.75. The van der Waals surface area contributed by atoms with Gasteiger partial charge in [-0.05, 0) is 32.2 Å². The van der Waals surface area contributed by atoms with Crippen LogP contribution in [0.1, 0.15) is 18.1 Å². The maximum Gasteiger partial charge on any atom is 0.123 e. The summed E-state index contributed by atoms with van der Waals surface area (Å²) < 4.78 is 5.47. The maximum absolute atomic E-state index is 8.81. The van der Waals surface area contributed by atoms with Gasteiger partial charge in [-0.15, -0.1) is 0 Å². The van der Waals surface area contributed by atoms with Crippen LogP contribution in [0.3, 0.4) is 0 Å². The molecule has 0 spiro atoms. The summed E-state index contributed by atoms with van der Waals surface area (Å²) >= 11 is 0. The smallest absolute Gasteiger partial charge is 0.123 e. The van der Waals surface area contributed by atoms with Crippen LogP contribution in [0.4, 0.5) is 0 Å². The second kappa shape index (κ2) is 7.46. The minimum absolute atomic E-state index is 0.114. The van der Waals surface area contributed by atoms with Crippen molar-refractivity contribution in [1.29, 1.82) is 0 Å². The summed E-state index contributed by atoms with van der Waals surface area (Å²) in [5.41, 5.74) is 2.07. The van der Waals surface area contributed by atoms with Gasteiger partial charge in [0.15, 0.2) is 0 Å². The first-order chi connectivity index (χ1) is 10.1. The average molecular weight is 288 g/mol. The standard InChI is InChI=1S/C17H24N2O2/c1-14-12-18(2)8-9-19(14)13-16-11-15(5-4-10-20)6-7-17(16)21-3/h6-7,11,14,20H,8-10,12-13H2,1-3H3. The molecule has 1 heterocycles. The molecule has 1 aromatic carbocycles. The molecule has 1 aliphatic heterocycles. The fourth-order valence-corrected chi connectivity index (χ4v) is 2.75. The van der Waals surface area contributed by atoms with E-state index < -0.39 is 0 Å². The minimum Gasteiger partial charge on any atom is -0.496 e. The lowest BCUT2D eigenvalue weighted by molar-refractivity contribution is 0.0931. The van der Waals surface area contributed by atoms with Gasteiger partial charge >= 0.3 is 0 Å². The van der Waals surface area contributed by atoms with Crippen LogP contribution in [0.15, 0.2) is 18.2 Å². The van der Waals surface area contributed by atoms with Crippen molar-refractivity contribution in [3.63, 3.8) is 0 Å². The highest BCUT2D eigenvalue weighted by molar-refractivity contribution is 5.44. The highest BCUT2D eigenvalue weighted by Crippen LogP contribution is 2.23. The lowest BCUT2D eigenvalue weighted by Crippen LogP contribution is -2.49. The first kappa shape index (κ1) is 15.8. The molecule has 1 fully saturated rings. The van der Waals surface area contributed by atoms with E-state index in [1.807, 2.05) is 12.1 Å². The van der Waals surface area contributed by atoms with Gasteiger partial charge in [-0.1, -0.05) is 11.8 Å². The topological polar surface area (TPSA) is 35.9 Å². The molecule has 4 nitrogen and oxygen atoms in total. The Balaban J connectivity index is 2.17. The molecular formula is C17H24N2O2. The average Bonchev–Trinajstić information content (AvgIpc) is 2.48. The van der Waals surface area contributed by atoms with E-state index in [0.29, 0.717) is 6.04 Å². The van der Waals surface area contributed by atoms with Gasteiger partial charge in [-0.2, -0.15) is 0 Å². The van der Waals surface area contributed by atoms with E-state index in [1.165, 1.54) is 0 Å². The Kier molecular flexibility index (Phi) is 5.63. The fraction of sp³-hybridized carbons (Fsp3) is 0.529. The van der Waals surface area contributed by atoms with Gasteiger partial charge in [0.05, 0.1) is 7.11 Å². The minimum atomic E-state index is -0.114. The van der Waals surface area contributed by atoms with Crippen LogP contribution in [0, 0.1) is 11.8 Å². The highest BCUT2D eigenvalue weighted by Gasteiger charge is 2.22. The Bertz CT molecular complexity index is 533. The van der Waals surface area contributed by atoms with E-state index in [0.717, 1.165) is 43.1 Å². The third-order valence-corrected chi connectivity index (χ3v) is 3.93. The number of hydrogen-bond donors (Lipinski definition) is 1. The van der Waals surface area contributed by atoms with E-state index in [4.69, 9.17) is 9.84 Å². The molecular weight excluding hydrogens is 264 g/mol. The summed E-state index contributed by atoms with van der Waals surface area (Å²) in [6, 6.07) is 6.48. The van der Waals surface area contributed by atoms with E-state index in [1.54, 1.807) is 7.11 Å². The van der Waals surface area contributed by atoms with E-state index >= 15 is 0 Å².